The average molecular weight is 130 g/mol. The van der Waals surface area contributed by atoms with Crippen LogP contribution in [0.1, 0.15) is 14.4 Å². The zero-order valence-corrected chi connectivity index (χ0v) is 4.40. The van der Waals surface area contributed by atoms with Crippen LogP contribution < -0.4 is 0 Å². The monoisotopic (exact) mass is 129 g/mol. The van der Waals surface area contributed by atoms with E-state index in [1.54, 1.807) is 6.07 Å². The molecule has 0 unspecified atom stereocenters. The first-order valence-corrected chi connectivity index (χ1v) is 0.724. The zero-order chi connectivity index (χ0) is 2.71. The van der Waals surface area contributed by atoms with Crippen molar-refractivity contribution in [3.63, 3.8) is 0 Å². The van der Waals surface area contributed by atoms with Crippen LogP contribution in [-0.2, 0) is 0 Å². The summed E-state index contributed by atoms with van der Waals surface area (Å²) in [6.45, 7) is 1.43. The minimum atomic E-state index is 0. The lowest BCUT2D eigenvalue weighted by molar-refractivity contribution is 1.49. The molecule has 0 aromatic heterocycles. The maximum Gasteiger partial charge on any atom is 0.0587 e. The SMILES string of the molecule is C.CC#N.Cl.Cl. The van der Waals surface area contributed by atoms with Gasteiger partial charge in [-0.15, -0.1) is 24.8 Å². The lowest BCUT2D eigenvalue weighted by Gasteiger charge is -1.15. The van der Waals surface area contributed by atoms with Crippen molar-refractivity contribution >= 4 is 24.8 Å². The van der Waals surface area contributed by atoms with Crippen LogP contribution in [0.2, 0.25) is 0 Å². The summed E-state index contributed by atoms with van der Waals surface area (Å²) in [6, 6.07) is 1.75. The number of halogens is 2. The summed E-state index contributed by atoms with van der Waals surface area (Å²) in [5.74, 6) is 0. The molecule has 0 aromatic rings. The lowest BCUT2D eigenvalue weighted by Crippen LogP contribution is -1.10. The molecule has 40 valence electrons. The van der Waals surface area contributed by atoms with E-state index in [2.05, 4.69) is 0 Å². The van der Waals surface area contributed by atoms with Gasteiger partial charge in [-0.05, 0) is 0 Å². The first kappa shape index (κ1) is 36.4. The van der Waals surface area contributed by atoms with Gasteiger partial charge < -0.3 is 0 Å². The first-order chi connectivity index (χ1) is 1.41. The minimum Gasteiger partial charge on any atom is -0.199 e. The third-order valence-corrected chi connectivity index (χ3v) is 0. The second-order valence-corrected chi connectivity index (χ2v) is 0.224. The second-order valence-electron chi connectivity index (χ2n) is 0.224. The number of rotatable bonds is 0. The summed E-state index contributed by atoms with van der Waals surface area (Å²) in [5, 5.41) is 7.32. The van der Waals surface area contributed by atoms with Crippen LogP contribution in [-0.4, -0.2) is 0 Å². The van der Waals surface area contributed by atoms with Crippen LogP contribution in [0.4, 0.5) is 0 Å². The molecule has 0 heterocycles. The van der Waals surface area contributed by atoms with Crippen molar-refractivity contribution in [2.45, 2.75) is 14.4 Å². The van der Waals surface area contributed by atoms with Gasteiger partial charge in [-0.2, -0.15) is 5.26 Å². The molecule has 0 aliphatic heterocycles. The van der Waals surface area contributed by atoms with Crippen molar-refractivity contribution in [2.24, 2.45) is 0 Å². The van der Waals surface area contributed by atoms with Crippen molar-refractivity contribution in [2.75, 3.05) is 0 Å². The topological polar surface area (TPSA) is 23.8 Å². The highest BCUT2D eigenvalue weighted by Crippen LogP contribution is 1.21. The fraction of sp³-hybridized carbons (Fsp3) is 0.667. The third kappa shape index (κ3) is 7830. The highest BCUT2D eigenvalue weighted by atomic mass is 35.5. The standard InChI is InChI=1S/C2H3N.CH4.2ClH/c1-2-3;;;/h1H3;1H4;2*1H. The van der Waals surface area contributed by atoms with Crippen LogP contribution in [0, 0.1) is 11.3 Å². The van der Waals surface area contributed by atoms with Gasteiger partial charge in [-0.25, -0.2) is 0 Å². The average Bonchev–Trinajstić information content (AvgIpc) is 0.918. The number of hydrogen-bond acceptors (Lipinski definition) is 1. The molecule has 0 aliphatic rings. The molecular weight excluding hydrogens is 121 g/mol. The summed E-state index contributed by atoms with van der Waals surface area (Å²) in [5.41, 5.74) is 0. The third-order valence-electron chi connectivity index (χ3n) is 0. The Morgan fingerprint density at radius 2 is 1.33 bits per heavy atom. The zero-order valence-electron chi connectivity index (χ0n) is 2.76. The fourth-order valence-corrected chi connectivity index (χ4v) is 0. The molecule has 0 saturated heterocycles. The molecule has 0 aromatic carbocycles. The van der Waals surface area contributed by atoms with Crippen molar-refractivity contribution in [1.29, 1.82) is 5.26 Å². The number of nitriles is 1. The predicted molar refractivity (Wildman–Crippen MR) is 32.5 cm³/mol. The molecular formula is C3H9Cl2N. The molecule has 0 amide bonds. The van der Waals surface area contributed by atoms with E-state index in [9.17, 15) is 0 Å². The Balaban J connectivity index is -0.00000000667. The summed E-state index contributed by atoms with van der Waals surface area (Å²) in [6.07, 6.45) is 0. The van der Waals surface area contributed by atoms with Gasteiger partial charge in [0.25, 0.3) is 0 Å². The van der Waals surface area contributed by atoms with Gasteiger partial charge in [-0.3, -0.25) is 0 Å². The van der Waals surface area contributed by atoms with Gasteiger partial charge in [0.05, 0.1) is 6.07 Å². The van der Waals surface area contributed by atoms with E-state index in [-0.39, 0.29) is 32.2 Å². The van der Waals surface area contributed by atoms with Crippen molar-refractivity contribution < 1.29 is 0 Å². The van der Waals surface area contributed by atoms with Crippen molar-refractivity contribution in [3.8, 4) is 6.07 Å². The molecule has 0 N–H and O–H groups in total. The van der Waals surface area contributed by atoms with E-state index in [1.165, 1.54) is 6.92 Å². The molecule has 0 fully saturated rings. The van der Waals surface area contributed by atoms with Gasteiger partial charge >= 0.3 is 0 Å². The van der Waals surface area contributed by atoms with Crippen molar-refractivity contribution in [3.05, 3.63) is 0 Å². The summed E-state index contributed by atoms with van der Waals surface area (Å²) < 4.78 is 0. The molecule has 0 spiro atoms. The van der Waals surface area contributed by atoms with Gasteiger partial charge in [0.15, 0.2) is 0 Å². The van der Waals surface area contributed by atoms with Crippen LogP contribution in [0.3, 0.4) is 0 Å². The largest absolute Gasteiger partial charge is 0.199 e. The maximum absolute atomic E-state index is 7.32. The Hall–Kier alpha value is 0.0700. The Morgan fingerprint density at radius 1 is 1.33 bits per heavy atom. The van der Waals surface area contributed by atoms with E-state index in [1.807, 2.05) is 0 Å². The minimum absolute atomic E-state index is 0. The smallest absolute Gasteiger partial charge is 0.0587 e. The van der Waals surface area contributed by atoms with Crippen LogP contribution >= 0.6 is 24.8 Å². The predicted octanol–water partition coefficient (Wildman–Crippen LogP) is 2.01. The molecule has 6 heavy (non-hydrogen) atoms. The highest BCUT2D eigenvalue weighted by molar-refractivity contribution is 5.85. The Bertz CT molecular complexity index is 30.3. The summed E-state index contributed by atoms with van der Waals surface area (Å²) >= 11 is 0. The van der Waals surface area contributed by atoms with Gasteiger partial charge in [-0.1, -0.05) is 7.43 Å². The van der Waals surface area contributed by atoms with Gasteiger partial charge in [0.2, 0.25) is 0 Å². The molecule has 0 bridgehead atoms. The van der Waals surface area contributed by atoms with E-state index >= 15 is 0 Å². The molecule has 0 rings (SSSR count). The summed E-state index contributed by atoms with van der Waals surface area (Å²) in [4.78, 5) is 0. The molecule has 0 saturated carbocycles. The molecule has 0 atom stereocenters. The Kier molecular flexibility index (Phi) is 445. The van der Waals surface area contributed by atoms with E-state index in [0.717, 1.165) is 0 Å². The fourth-order valence-electron chi connectivity index (χ4n) is 0. The van der Waals surface area contributed by atoms with E-state index in [4.69, 9.17) is 5.26 Å². The van der Waals surface area contributed by atoms with Crippen LogP contribution in [0.5, 0.6) is 0 Å². The Morgan fingerprint density at radius 3 is 1.33 bits per heavy atom. The summed E-state index contributed by atoms with van der Waals surface area (Å²) in [7, 11) is 0. The van der Waals surface area contributed by atoms with Crippen LogP contribution in [0.25, 0.3) is 0 Å². The molecule has 0 aliphatic carbocycles. The molecule has 0 radical (unpaired) electrons. The number of nitrogens with zero attached hydrogens (tertiary/aromatic N) is 1. The van der Waals surface area contributed by atoms with E-state index < -0.39 is 0 Å². The lowest BCUT2D eigenvalue weighted by atomic mass is 11.0. The Labute approximate surface area is 51.2 Å². The van der Waals surface area contributed by atoms with E-state index in [0.29, 0.717) is 0 Å². The van der Waals surface area contributed by atoms with Crippen molar-refractivity contribution in [1.82, 2.24) is 0 Å². The number of hydrogen-bond donors (Lipinski definition) is 0. The first-order valence-electron chi connectivity index (χ1n) is 0.724. The van der Waals surface area contributed by atoms with Gasteiger partial charge in [0, 0.05) is 6.92 Å². The molecule has 3 heteroatoms. The van der Waals surface area contributed by atoms with Crippen LogP contribution in [0.15, 0.2) is 0 Å². The normalized spacial score (nSPS) is 1.33. The quantitative estimate of drug-likeness (QED) is 0.492. The van der Waals surface area contributed by atoms with Gasteiger partial charge in [0.1, 0.15) is 0 Å². The second kappa shape index (κ2) is 73.4. The highest BCUT2D eigenvalue weighted by Gasteiger charge is 1.17. The molecule has 1 nitrogen and oxygen atoms in total. The maximum atomic E-state index is 7.32.